The highest BCUT2D eigenvalue weighted by atomic mass is 16.5. The number of piperazine rings is 1. The molecule has 0 aromatic carbocycles. The molecule has 2 aliphatic rings. The minimum absolute atomic E-state index is 0.0462. The van der Waals surface area contributed by atoms with Gasteiger partial charge in [0.1, 0.15) is 17.6 Å². The summed E-state index contributed by atoms with van der Waals surface area (Å²) < 4.78 is 11.0. The van der Waals surface area contributed by atoms with E-state index in [1.54, 1.807) is 15.9 Å². The molecule has 4 rings (SSSR count). The Morgan fingerprint density at radius 3 is 2.62 bits per heavy atom. The van der Waals surface area contributed by atoms with E-state index in [1.807, 2.05) is 19.1 Å². The van der Waals surface area contributed by atoms with Gasteiger partial charge < -0.3 is 19.0 Å². The van der Waals surface area contributed by atoms with Gasteiger partial charge in [-0.1, -0.05) is 0 Å². The molecule has 8 nitrogen and oxygen atoms in total. The van der Waals surface area contributed by atoms with Crippen LogP contribution in [0, 0.1) is 6.92 Å². The zero-order valence-electron chi connectivity index (χ0n) is 14.7. The summed E-state index contributed by atoms with van der Waals surface area (Å²) in [6.45, 7) is 4.58. The minimum Gasteiger partial charge on any atom is -0.460 e. The predicted molar refractivity (Wildman–Crippen MR) is 92.5 cm³/mol. The van der Waals surface area contributed by atoms with Gasteiger partial charge in [-0.3, -0.25) is 14.7 Å². The first-order valence-electron chi connectivity index (χ1n) is 8.94. The van der Waals surface area contributed by atoms with E-state index in [0.717, 1.165) is 18.6 Å². The number of H-pyrrole nitrogens is 1. The van der Waals surface area contributed by atoms with E-state index < -0.39 is 0 Å². The van der Waals surface area contributed by atoms with Crippen molar-refractivity contribution in [3.63, 3.8) is 0 Å². The highest BCUT2D eigenvalue weighted by molar-refractivity contribution is 5.93. The Balaban J connectivity index is 1.36. The number of carbonyl (C=O) groups excluding carboxylic acids is 2. The van der Waals surface area contributed by atoms with E-state index in [9.17, 15) is 9.59 Å². The van der Waals surface area contributed by atoms with Crippen molar-refractivity contribution >= 4 is 11.8 Å². The number of aryl methyl sites for hydroxylation is 1. The van der Waals surface area contributed by atoms with Crippen LogP contribution in [0.4, 0.5) is 0 Å². The van der Waals surface area contributed by atoms with Crippen molar-refractivity contribution in [2.75, 3.05) is 32.8 Å². The second-order valence-electron chi connectivity index (χ2n) is 6.70. The fourth-order valence-corrected chi connectivity index (χ4v) is 3.40. The number of hydrogen-bond acceptors (Lipinski definition) is 5. The van der Waals surface area contributed by atoms with Gasteiger partial charge in [-0.2, -0.15) is 5.10 Å². The molecule has 8 heteroatoms. The monoisotopic (exact) mass is 358 g/mol. The maximum absolute atomic E-state index is 12.7. The van der Waals surface area contributed by atoms with Crippen LogP contribution in [0.25, 0.3) is 11.5 Å². The van der Waals surface area contributed by atoms with Gasteiger partial charge in [0.2, 0.25) is 0 Å². The number of ether oxygens (including phenoxy) is 1. The molecule has 138 valence electrons. The molecule has 0 saturated carbocycles. The van der Waals surface area contributed by atoms with Gasteiger partial charge in [-0.15, -0.1) is 0 Å². The number of furan rings is 1. The first-order chi connectivity index (χ1) is 12.6. The van der Waals surface area contributed by atoms with Crippen molar-refractivity contribution in [2.24, 2.45) is 0 Å². The maximum Gasteiger partial charge on any atom is 0.274 e. The third kappa shape index (κ3) is 3.24. The highest BCUT2D eigenvalue weighted by Gasteiger charge is 2.32. The molecule has 0 bridgehead atoms. The Bertz CT molecular complexity index is 798. The van der Waals surface area contributed by atoms with Gasteiger partial charge >= 0.3 is 0 Å². The largest absolute Gasteiger partial charge is 0.460 e. The normalized spacial score (nSPS) is 20.6. The maximum atomic E-state index is 12.7. The molecule has 1 atom stereocenters. The molecule has 2 amide bonds. The molecule has 4 heterocycles. The van der Waals surface area contributed by atoms with Crippen LogP contribution >= 0.6 is 0 Å². The van der Waals surface area contributed by atoms with Gasteiger partial charge in [0, 0.05) is 38.9 Å². The minimum atomic E-state index is -0.303. The Labute approximate surface area is 151 Å². The Morgan fingerprint density at radius 1 is 1.19 bits per heavy atom. The number of carbonyl (C=O) groups is 2. The molecule has 0 spiro atoms. The average Bonchev–Trinajstić information content (AvgIpc) is 3.41. The molecule has 1 unspecified atom stereocenters. The lowest BCUT2D eigenvalue weighted by molar-refractivity contribution is -0.142. The van der Waals surface area contributed by atoms with Crippen LogP contribution in [0.2, 0.25) is 0 Å². The third-order valence-corrected chi connectivity index (χ3v) is 4.89. The van der Waals surface area contributed by atoms with E-state index in [4.69, 9.17) is 9.15 Å². The summed E-state index contributed by atoms with van der Waals surface area (Å²) in [7, 11) is 0. The summed E-state index contributed by atoms with van der Waals surface area (Å²) in [5, 5.41) is 6.96. The van der Waals surface area contributed by atoms with Crippen LogP contribution in [0.15, 0.2) is 22.6 Å². The van der Waals surface area contributed by atoms with Crippen molar-refractivity contribution in [1.29, 1.82) is 0 Å². The zero-order chi connectivity index (χ0) is 18.1. The molecule has 26 heavy (non-hydrogen) atoms. The molecule has 0 aliphatic carbocycles. The summed E-state index contributed by atoms with van der Waals surface area (Å²) >= 11 is 0. The number of nitrogens with zero attached hydrogens (tertiary/aromatic N) is 3. The summed E-state index contributed by atoms with van der Waals surface area (Å²) in [5.74, 6) is 1.36. The van der Waals surface area contributed by atoms with E-state index in [0.29, 0.717) is 49.9 Å². The molecule has 2 saturated heterocycles. The molecule has 2 aromatic rings. The summed E-state index contributed by atoms with van der Waals surface area (Å²) in [4.78, 5) is 28.6. The standard InChI is InChI=1S/C18H22N4O4/c1-12-4-5-15(26-12)13-11-14(20-19-13)17(23)21-6-8-22(9-7-21)18(24)16-3-2-10-25-16/h4-5,11,16H,2-3,6-10H2,1H3,(H,19,20). The number of nitrogens with one attached hydrogen (secondary N) is 1. The topological polar surface area (TPSA) is 91.7 Å². The predicted octanol–water partition coefficient (Wildman–Crippen LogP) is 1.44. The number of amides is 2. The van der Waals surface area contributed by atoms with Crippen LogP contribution in [0.1, 0.15) is 29.1 Å². The van der Waals surface area contributed by atoms with Crippen molar-refractivity contribution in [2.45, 2.75) is 25.9 Å². The molecule has 2 fully saturated rings. The van der Waals surface area contributed by atoms with Crippen LogP contribution in [0.3, 0.4) is 0 Å². The lowest BCUT2D eigenvalue weighted by Crippen LogP contribution is -2.52. The second-order valence-corrected chi connectivity index (χ2v) is 6.70. The first kappa shape index (κ1) is 16.8. The average molecular weight is 358 g/mol. The number of aromatic nitrogens is 2. The smallest absolute Gasteiger partial charge is 0.274 e. The number of rotatable bonds is 3. The van der Waals surface area contributed by atoms with E-state index in [2.05, 4.69) is 10.2 Å². The van der Waals surface area contributed by atoms with Crippen molar-refractivity contribution < 1.29 is 18.7 Å². The summed E-state index contributed by atoms with van der Waals surface area (Å²) in [5.41, 5.74) is 1.03. The van der Waals surface area contributed by atoms with Gasteiger partial charge in [-0.25, -0.2) is 0 Å². The number of aromatic amines is 1. The molecular formula is C18H22N4O4. The quantitative estimate of drug-likeness (QED) is 0.896. The molecular weight excluding hydrogens is 336 g/mol. The number of hydrogen-bond donors (Lipinski definition) is 1. The van der Waals surface area contributed by atoms with Crippen LogP contribution < -0.4 is 0 Å². The fourth-order valence-electron chi connectivity index (χ4n) is 3.40. The molecule has 2 aromatic heterocycles. The van der Waals surface area contributed by atoms with Gasteiger partial charge in [-0.05, 0) is 31.9 Å². The lowest BCUT2D eigenvalue weighted by atomic mass is 10.2. The summed E-state index contributed by atoms with van der Waals surface area (Å²) in [6, 6.07) is 5.40. The molecule has 2 aliphatic heterocycles. The fraction of sp³-hybridized carbons (Fsp3) is 0.500. The zero-order valence-corrected chi connectivity index (χ0v) is 14.7. The highest BCUT2D eigenvalue weighted by Crippen LogP contribution is 2.21. The van der Waals surface area contributed by atoms with Gasteiger partial charge in [0.25, 0.3) is 11.8 Å². The van der Waals surface area contributed by atoms with Crippen molar-refractivity contribution in [1.82, 2.24) is 20.0 Å². The lowest BCUT2D eigenvalue weighted by Gasteiger charge is -2.35. The summed E-state index contributed by atoms with van der Waals surface area (Å²) in [6.07, 6.45) is 1.43. The second kappa shape index (κ2) is 6.95. The Morgan fingerprint density at radius 2 is 1.96 bits per heavy atom. The van der Waals surface area contributed by atoms with Crippen molar-refractivity contribution in [3.8, 4) is 11.5 Å². The van der Waals surface area contributed by atoms with E-state index in [-0.39, 0.29) is 17.9 Å². The van der Waals surface area contributed by atoms with Gasteiger partial charge in [0.05, 0.1) is 0 Å². The molecule has 1 N–H and O–H groups in total. The van der Waals surface area contributed by atoms with Crippen molar-refractivity contribution in [3.05, 3.63) is 29.7 Å². The van der Waals surface area contributed by atoms with Gasteiger partial charge in [0.15, 0.2) is 11.5 Å². The Kier molecular flexibility index (Phi) is 4.50. The third-order valence-electron chi connectivity index (χ3n) is 4.89. The van der Waals surface area contributed by atoms with E-state index in [1.165, 1.54) is 0 Å². The Hall–Kier alpha value is -2.61. The van der Waals surface area contributed by atoms with Crippen LogP contribution in [0.5, 0.6) is 0 Å². The van der Waals surface area contributed by atoms with E-state index >= 15 is 0 Å². The van der Waals surface area contributed by atoms with Crippen LogP contribution in [-0.2, 0) is 9.53 Å². The first-order valence-corrected chi connectivity index (χ1v) is 8.94. The molecule has 0 radical (unpaired) electrons. The SMILES string of the molecule is Cc1ccc(-c2cc(C(=O)N3CCN(C(=O)C4CCCO4)CC3)n[nH]2)o1. The van der Waals surface area contributed by atoms with Crippen LogP contribution in [-0.4, -0.2) is 70.7 Å².